The lowest BCUT2D eigenvalue weighted by Gasteiger charge is -2.21. The zero-order chi connectivity index (χ0) is 26.9. The summed E-state index contributed by atoms with van der Waals surface area (Å²) in [6.45, 7) is 10.7. The number of quaternary nitrogens is 1. The minimum Gasteiger partial charge on any atom is -0.458 e. The zero-order valence-electron chi connectivity index (χ0n) is 24.1. The average molecular weight is 537 g/mol. The fourth-order valence-corrected chi connectivity index (χ4v) is 5.44. The fourth-order valence-electron chi connectivity index (χ4n) is 4.31. The topological polar surface area (TPSA) is 86.5 Å². The van der Waals surface area contributed by atoms with Crippen LogP contribution in [0, 0.1) is 0 Å². The molecule has 0 bridgehead atoms. The van der Waals surface area contributed by atoms with Gasteiger partial charge in [-0.3, -0.25) is 9.36 Å². The Balaban J connectivity index is 3.76. The van der Waals surface area contributed by atoms with Gasteiger partial charge in [0.05, 0.1) is 39.0 Å². The van der Waals surface area contributed by atoms with E-state index in [1.165, 1.54) is 95.3 Å². The summed E-state index contributed by atoms with van der Waals surface area (Å²) in [5, 5.41) is 0. The predicted molar refractivity (Wildman–Crippen MR) is 149 cm³/mol. The SMILES string of the molecule is CCCCCCCCCCCCCCCCCOCC(COP(=O)(O)CC[NH+](CC)CC)OC(C)=O. The van der Waals surface area contributed by atoms with Crippen LogP contribution in [0.1, 0.15) is 124 Å². The lowest BCUT2D eigenvalue weighted by molar-refractivity contribution is -0.893. The van der Waals surface area contributed by atoms with Crippen LogP contribution in [0.15, 0.2) is 0 Å². The Labute approximate surface area is 222 Å². The van der Waals surface area contributed by atoms with Crippen LogP contribution in [0.3, 0.4) is 0 Å². The van der Waals surface area contributed by atoms with E-state index in [0.717, 1.165) is 25.9 Å². The predicted octanol–water partition coefficient (Wildman–Crippen LogP) is 5.93. The van der Waals surface area contributed by atoms with Crippen molar-refractivity contribution in [2.24, 2.45) is 0 Å². The zero-order valence-corrected chi connectivity index (χ0v) is 25.0. The lowest BCUT2D eigenvalue weighted by atomic mass is 10.0. The largest absolute Gasteiger partial charge is 0.458 e. The monoisotopic (exact) mass is 536 g/mol. The minimum absolute atomic E-state index is 0.0940. The molecule has 36 heavy (non-hydrogen) atoms. The van der Waals surface area contributed by atoms with E-state index in [-0.39, 0.29) is 19.4 Å². The van der Waals surface area contributed by atoms with E-state index in [1.54, 1.807) is 0 Å². The van der Waals surface area contributed by atoms with Crippen molar-refractivity contribution in [2.75, 3.05) is 45.6 Å². The molecule has 0 aliphatic rings. The molecule has 8 heteroatoms. The number of esters is 1. The first-order chi connectivity index (χ1) is 17.3. The maximum Gasteiger partial charge on any atom is 0.333 e. The standard InChI is InChI=1S/C28H58NO6P/c1-5-8-9-10-11-12-13-14-15-16-17-18-19-20-21-23-33-25-28(35-27(4)30)26-34-36(31,32)24-22-29(6-2)7-3/h28H,5-26H2,1-4H3,(H,31,32)/p+1. The van der Waals surface area contributed by atoms with Gasteiger partial charge in [0.25, 0.3) is 0 Å². The van der Waals surface area contributed by atoms with Crippen LogP contribution in [0.4, 0.5) is 0 Å². The maximum atomic E-state index is 12.3. The van der Waals surface area contributed by atoms with E-state index in [1.807, 2.05) is 0 Å². The van der Waals surface area contributed by atoms with Crippen molar-refractivity contribution in [2.45, 2.75) is 130 Å². The molecule has 7 nitrogen and oxygen atoms in total. The van der Waals surface area contributed by atoms with Crippen LogP contribution in [-0.4, -0.2) is 62.6 Å². The van der Waals surface area contributed by atoms with Crippen LogP contribution in [0.2, 0.25) is 0 Å². The maximum absolute atomic E-state index is 12.3. The summed E-state index contributed by atoms with van der Waals surface area (Å²) in [4.78, 5) is 22.7. The highest BCUT2D eigenvalue weighted by Crippen LogP contribution is 2.41. The molecule has 0 saturated carbocycles. The summed E-state index contributed by atoms with van der Waals surface area (Å²) < 4.78 is 28.5. The third-order valence-electron chi connectivity index (χ3n) is 6.74. The average Bonchev–Trinajstić information content (AvgIpc) is 2.84. The molecule has 0 saturated heterocycles. The summed E-state index contributed by atoms with van der Waals surface area (Å²) in [5.41, 5.74) is 0. The molecule has 0 aliphatic heterocycles. The quantitative estimate of drug-likeness (QED) is 0.0768. The first-order valence-electron chi connectivity index (χ1n) is 14.9. The molecule has 2 atom stereocenters. The summed E-state index contributed by atoms with van der Waals surface area (Å²) in [6.07, 6.45) is 19.2. The molecule has 0 aromatic heterocycles. The molecular formula is C28H59NO6P+. The second-order valence-electron chi connectivity index (χ2n) is 10.1. The molecule has 216 valence electrons. The van der Waals surface area contributed by atoms with E-state index in [9.17, 15) is 14.3 Å². The number of carbonyl (C=O) groups is 1. The van der Waals surface area contributed by atoms with Crippen molar-refractivity contribution < 1.29 is 33.2 Å². The Kier molecular flexibility index (Phi) is 24.5. The number of unbranched alkanes of at least 4 members (excludes halogenated alkanes) is 14. The van der Waals surface area contributed by atoms with Crippen LogP contribution in [0.5, 0.6) is 0 Å². The number of hydrogen-bond donors (Lipinski definition) is 2. The van der Waals surface area contributed by atoms with Crippen LogP contribution < -0.4 is 4.90 Å². The fraction of sp³-hybridized carbons (Fsp3) is 0.964. The molecule has 0 heterocycles. The van der Waals surface area contributed by atoms with Gasteiger partial charge in [-0.1, -0.05) is 96.8 Å². The normalized spacial score (nSPS) is 14.2. The second-order valence-corrected chi connectivity index (χ2v) is 12.1. The lowest BCUT2D eigenvalue weighted by Crippen LogP contribution is -3.11. The van der Waals surface area contributed by atoms with Crippen molar-refractivity contribution >= 4 is 13.6 Å². The van der Waals surface area contributed by atoms with Crippen molar-refractivity contribution in [1.82, 2.24) is 0 Å². The second kappa shape index (κ2) is 24.9. The van der Waals surface area contributed by atoms with E-state index in [2.05, 4.69) is 20.8 Å². The highest BCUT2D eigenvalue weighted by Gasteiger charge is 2.25. The Morgan fingerprint density at radius 1 is 0.778 bits per heavy atom. The molecule has 0 rings (SSSR count). The van der Waals surface area contributed by atoms with Crippen LogP contribution in [-0.2, 0) is 23.4 Å². The number of nitrogens with one attached hydrogen (secondary N) is 1. The Bertz CT molecular complexity index is 544. The van der Waals surface area contributed by atoms with Gasteiger partial charge in [0.2, 0.25) is 0 Å². The Morgan fingerprint density at radius 2 is 1.25 bits per heavy atom. The van der Waals surface area contributed by atoms with Gasteiger partial charge in [-0.15, -0.1) is 0 Å². The van der Waals surface area contributed by atoms with Gasteiger partial charge < -0.3 is 23.8 Å². The van der Waals surface area contributed by atoms with E-state index in [4.69, 9.17) is 14.0 Å². The minimum atomic E-state index is -3.72. The summed E-state index contributed by atoms with van der Waals surface area (Å²) >= 11 is 0. The third kappa shape index (κ3) is 23.9. The molecule has 2 unspecified atom stereocenters. The first-order valence-corrected chi connectivity index (χ1v) is 16.7. The van der Waals surface area contributed by atoms with Gasteiger partial charge in [0, 0.05) is 13.5 Å². The summed E-state index contributed by atoms with van der Waals surface area (Å²) in [6, 6.07) is 0. The molecular weight excluding hydrogens is 477 g/mol. The molecule has 0 fully saturated rings. The van der Waals surface area contributed by atoms with E-state index >= 15 is 0 Å². The Morgan fingerprint density at radius 3 is 1.69 bits per heavy atom. The van der Waals surface area contributed by atoms with E-state index in [0.29, 0.717) is 13.2 Å². The highest BCUT2D eigenvalue weighted by molar-refractivity contribution is 7.52. The molecule has 0 aromatic carbocycles. The van der Waals surface area contributed by atoms with Crippen molar-refractivity contribution in [3.63, 3.8) is 0 Å². The Hall–Kier alpha value is -0.460. The van der Waals surface area contributed by atoms with E-state index < -0.39 is 19.7 Å². The highest BCUT2D eigenvalue weighted by atomic mass is 31.2. The van der Waals surface area contributed by atoms with Crippen molar-refractivity contribution in [3.05, 3.63) is 0 Å². The molecule has 2 N–H and O–H groups in total. The molecule has 0 spiro atoms. The van der Waals surface area contributed by atoms with Gasteiger partial charge >= 0.3 is 13.6 Å². The molecule has 0 radical (unpaired) electrons. The smallest absolute Gasteiger partial charge is 0.333 e. The van der Waals surface area contributed by atoms with Crippen LogP contribution >= 0.6 is 7.60 Å². The molecule has 0 amide bonds. The molecule has 0 aromatic rings. The van der Waals surface area contributed by atoms with Gasteiger partial charge in [-0.05, 0) is 20.3 Å². The number of ether oxygens (including phenoxy) is 2. The summed E-state index contributed by atoms with van der Waals surface area (Å²) in [7, 11) is -3.72. The first kappa shape index (κ1) is 35.5. The molecule has 0 aliphatic carbocycles. The van der Waals surface area contributed by atoms with Gasteiger partial charge in [0.1, 0.15) is 6.10 Å². The van der Waals surface area contributed by atoms with Crippen molar-refractivity contribution in [3.8, 4) is 0 Å². The van der Waals surface area contributed by atoms with Gasteiger partial charge in [0.15, 0.2) is 0 Å². The number of rotatable bonds is 27. The van der Waals surface area contributed by atoms with Gasteiger partial charge in [-0.25, -0.2) is 0 Å². The number of hydrogen-bond acceptors (Lipinski definition) is 5. The van der Waals surface area contributed by atoms with Crippen molar-refractivity contribution in [1.29, 1.82) is 0 Å². The third-order valence-corrected chi connectivity index (χ3v) is 8.08. The van der Waals surface area contributed by atoms with Crippen LogP contribution in [0.25, 0.3) is 0 Å². The summed E-state index contributed by atoms with van der Waals surface area (Å²) in [5.74, 6) is -0.445. The van der Waals surface area contributed by atoms with Gasteiger partial charge in [-0.2, -0.15) is 0 Å². The number of carbonyl (C=O) groups excluding carboxylic acids is 1.